The van der Waals surface area contributed by atoms with Gasteiger partial charge in [0.05, 0.1) is 29.2 Å². The van der Waals surface area contributed by atoms with E-state index in [1.54, 1.807) is 42.7 Å². The van der Waals surface area contributed by atoms with Crippen LogP contribution in [0.3, 0.4) is 0 Å². The summed E-state index contributed by atoms with van der Waals surface area (Å²) in [5.74, 6) is -1.51. The van der Waals surface area contributed by atoms with Crippen LogP contribution in [0.4, 0.5) is 13.2 Å². The molecule has 30 heavy (non-hydrogen) atoms. The molecule has 5 rings (SSSR count). The number of fused-ring (bicyclic) bond motifs is 1. The zero-order chi connectivity index (χ0) is 20.7. The molecule has 1 aromatic carbocycles. The smallest absolute Gasteiger partial charge is 0.178 e. The van der Waals surface area contributed by atoms with E-state index in [9.17, 15) is 13.2 Å². The first-order chi connectivity index (χ1) is 14.6. The Kier molecular flexibility index (Phi) is 4.24. The molecule has 0 aliphatic carbocycles. The van der Waals surface area contributed by atoms with Crippen molar-refractivity contribution in [2.75, 3.05) is 0 Å². The molecule has 0 radical (unpaired) electrons. The van der Waals surface area contributed by atoms with E-state index in [-0.39, 0.29) is 16.9 Å². The fourth-order valence-corrected chi connectivity index (χ4v) is 3.27. The highest BCUT2D eigenvalue weighted by Crippen LogP contribution is 2.35. The molecule has 0 aliphatic heterocycles. The van der Waals surface area contributed by atoms with Gasteiger partial charge in [-0.05, 0) is 42.5 Å². The number of rotatable bonds is 3. The fraction of sp³-hybridized carbons (Fsp3) is 0. The van der Waals surface area contributed by atoms with E-state index in [2.05, 4.69) is 24.9 Å². The maximum absolute atomic E-state index is 14.5. The number of pyridine rings is 3. The lowest BCUT2D eigenvalue weighted by Crippen LogP contribution is -1.97. The van der Waals surface area contributed by atoms with Gasteiger partial charge in [0.2, 0.25) is 0 Å². The molecule has 1 N–H and O–H groups in total. The highest BCUT2D eigenvalue weighted by Gasteiger charge is 2.20. The van der Waals surface area contributed by atoms with E-state index in [0.29, 0.717) is 33.8 Å². The second-order valence-electron chi connectivity index (χ2n) is 6.57. The molecule has 0 amide bonds. The number of nitrogens with one attached hydrogen (secondary N) is 1. The molecule has 5 aromatic rings. The number of H-pyrrole nitrogens is 1. The van der Waals surface area contributed by atoms with Gasteiger partial charge in [-0.1, -0.05) is 0 Å². The average molecular weight is 403 g/mol. The van der Waals surface area contributed by atoms with Crippen LogP contribution in [0.5, 0.6) is 0 Å². The first-order valence-electron chi connectivity index (χ1n) is 8.96. The predicted octanol–water partition coefficient (Wildman–Crippen LogP) is 5.17. The third kappa shape index (κ3) is 3.08. The van der Waals surface area contributed by atoms with Crippen LogP contribution >= 0.6 is 0 Å². The van der Waals surface area contributed by atoms with Gasteiger partial charge in [-0.25, -0.2) is 23.1 Å². The Morgan fingerprint density at radius 3 is 2.23 bits per heavy atom. The van der Waals surface area contributed by atoms with Crippen molar-refractivity contribution in [1.82, 2.24) is 24.9 Å². The van der Waals surface area contributed by atoms with E-state index < -0.39 is 11.6 Å². The summed E-state index contributed by atoms with van der Waals surface area (Å²) in [5, 5.41) is 0. The van der Waals surface area contributed by atoms with Crippen LogP contribution < -0.4 is 0 Å². The number of aromatic amines is 1. The molecule has 0 aliphatic rings. The first kappa shape index (κ1) is 18.0. The van der Waals surface area contributed by atoms with Crippen LogP contribution in [0, 0.1) is 17.5 Å². The van der Waals surface area contributed by atoms with Crippen LogP contribution in [0.1, 0.15) is 0 Å². The molecule has 4 heterocycles. The molecule has 8 heteroatoms. The van der Waals surface area contributed by atoms with Gasteiger partial charge in [0.15, 0.2) is 17.3 Å². The first-order valence-corrected chi connectivity index (χ1v) is 8.96. The molecule has 4 aromatic heterocycles. The molecule has 0 fully saturated rings. The van der Waals surface area contributed by atoms with E-state index in [4.69, 9.17) is 0 Å². The number of halogens is 3. The Bertz CT molecular complexity index is 1350. The zero-order valence-corrected chi connectivity index (χ0v) is 15.3. The minimum absolute atomic E-state index is 0.238. The van der Waals surface area contributed by atoms with Crippen molar-refractivity contribution in [3.05, 3.63) is 84.7 Å². The second kappa shape index (κ2) is 7.07. The van der Waals surface area contributed by atoms with Crippen molar-refractivity contribution in [1.29, 1.82) is 0 Å². The average Bonchev–Trinajstić information content (AvgIpc) is 3.17. The topological polar surface area (TPSA) is 67.3 Å². The summed E-state index contributed by atoms with van der Waals surface area (Å²) in [4.78, 5) is 19.7. The Morgan fingerprint density at radius 2 is 1.53 bits per heavy atom. The normalized spacial score (nSPS) is 11.2. The summed E-state index contributed by atoms with van der Waals surface area (Å²) in [6, 6.07) is 10.9. The van der Waals surface area contributed by atoms with Gasteiger partial charge in [0.1, 0.15) is 11.6 Å². The summed E-state index contributed by atoms with van der Waals surface area (Å²) in [6.07, 6.45) is 5.05. The van der Waals surface area contributed by atoms with Crippen molar-refractivity contribution in [3.8, 4) is 33.8 Å². The standard InChI is InChI=1S/C22H12F3N5/c23-14-5-3-12(4-6-14)21-28-18-8-15(19-16(24)10-27-11-17(19)25)20(29-22(18)30-21)13-2-1-7-26-9-13/h1-11H,(H,28,29,30). The molecule has 0 saturated heterocycles. The lowest BCUT2D eigenvalue weighted by Gasteiger charge is -2.10. The van der Waals surface area contributed by atoms with Crippen LogP contribution in [-0.4, -0.2) is 24.9 Å². The van der Waals surface area contributed by atoms with Gasteiger partial charge in [0, 0.05) is 29.1 Å². The summed E-state index contributed by atoms with van der Waals surface area (Å²) in [6.45, 7) is 0. The van der Waals surface area contributed by atoms with E-state index in [1.165, 1.54) is 12.1 Å². The maximum Gasteiger partial charge on any atom is 0.178 e. The van der Waals surface area contributed by atoms with Gasteiger partial charge in [-0.15, -0.1) is 0 Å². The summed E-state index contributed by atoms with van der Waals surface area (Å²) in [7, 11) is 0. The minimum atomic E-state index is -0.806. The van der Waals surface area contributed by atoms with Crippen molar-refractivity contribution >= 4 is 11.2 Å². The molecule has 0 atom stereocenters. The van der Waals surface area contributed by atoms with Gasteiger partial charge in [-0.3, -0.25) is 9.97 Å². The van der Waals surface area contributed by atoms with E-state index in [0.717, 1.165) is 12.4 Å². The van der Waals surface area contributed by atoms with Gasteiger partial charge in [0.25, 0.3) is 0 Å². The monoisotopic (exact) mass is 403 g/mol. The molecular weight excluding hydrogens is 391 g/mol. The molecule has 0 spiro atoms. The SMILES string of the molecule is Fc1ccc(-c2nc3nc(-c4cccnc4)c(-c4c(F)cncc4F)cc3[nH]2)cc1. The lowest BCUT2D eigenvalue weighted by molar-refractivity contribution is 0.579. The van der Waals surface area contributed by atoms with Crippen molar-refractivity contribution in [2.45, 2.75) is 0 Å². The third-order valence-corrected chi connectivity index (χ3v) is 4.65. The van der Waals surface area contributed by atoms with Crippen molar-refractivity contribution in [3.63, 3.8) is 0 Å². The zero-order valence-electron chi connectivity index (χ0n) is 15.3. The lowest BCUT2D eigenvalue weighted by atomic mass is 10.00. The van der Waals surface area contributed by atoms with E-state index in [1.807, 2.05) is 0 Å². The predicted molar refractivity (Wildman–Crippen MR) is 106 cm³/mol. The highest BCUT2D eigenvalue weighted by molar-refractivity contribution is 5.90. The van der Waals surface area contributed by atoms with E-state index >= 15 is 0 Å². The quantitative estimate of drug-likeness (QED) is 0.452. The number of aromatic nitrogens is 5. The molecule has 0 unspecified atom stereocenters. The third-order valence-electron chi connectivity index (χ3n) is 4.65. The highest BCUT2D eigenvalue weighted by atomic mass is 19.1. The van der Waals surface area contributed by atoms with Gasteiger partial charge >= 0.3 is 0 Å². The Balaban J connectivity index is 1.78. The summed E-state index contributed by atoms with van der Waals surface area (Å²) >= 11 is 0. The van der Waals surface area contributed by atoms with Crippen LogP contribution in [0.15, 0.2) is 67.3 Å². The number of hydrogen-bond acceptors (Lipinski definition) is 4. The fourth-order valence-electron chi connectivity index (χ4n) is 3.27. The number of nitrogens with zero attached hydrogens (tertiary/aromatic N) is 4. The molecule has 146 valence electrons. The molecule has 0 bridgehead atoms. The molecular formula is C22H12F3N5. The summed E-state index contributed by atoms with van der Waals surface area (Å²) in [5.41, 5.74) is 2.39. The summed E-state index contributed by atoms with van der Waals surface area (Å²) < 4.78 is 42.3. The van der Waals surface area contributed by atoms with Gasteiger partial charge < -0.3 is 4.98 Å². The maximum atomic E-state index is 14.5. The minimum Gasteiger partial charge on any atom is -0.337 e. The van der Waals surface area contributed by atoms with Crippen LogP contribution in [-0.2, 0) is 0 Å². The molecule has 5 nitrogen and oxygen atoms in total. The van der Waals surface area contributed by atoms with Crippen molar-refractivity contribution in [2.24, 2.45) is 0 Å². The second-order valence-corrected chi connectivity index (χ2v) is 6.57. The Hall–Kier alpha value is -4.07. The largest absolute Gasteiger partial charge is 0.337 e. The number of hydrogen-bond donors (Lipinski definition) is 1. The number of imidazole rings is 1. The Morgan fingerprint density at radius 1 is 0.767 bits per heavy atom. The Labute approximate surface area is 168 Å². The molecule has 0 saturated carbocycles. The van der Waals surface area contributed by atoms with Crippen LogP contribution in [0.2, 0.25) is 0 Å². The van der Waals surface area contributed by atoms with Crippen LogP contribution in [0.25, 0.3) is 44.9 Å². The van der Waals surface area contributed by atoms with Gasteiger partial charge in [-0.2, -0.15) is 0 Å². The van der Waals surface area contributed by atoms with Crippen molar-refractivity contribution < 1.29 is 13.2 Å². The number of benzene rings is 1.